The van der Waals surface area contributed by atoms with Crippen molar-refractivity contribution < 1.29 is 5.11 Å². The molecule has 0 fully saturated rings. The summed E-state index contributed by atoms with van der Waals surface area (Å²) in [7, 11) is 1.75. The maximum absolute atomic E-state index is 10.4. The fourth-order valence-electron chi connectivity index (χ4n) is 2.94. The van der Waals surface area contributed by atoms with E-state index in [2.05, 4.69) is 26.0 Å². The average molecular weight is 438 g/mol. The number of phenols is 1. The van der Waals surface area contributed by atoms with E-state index in [4.69, 9.17) is 0 Å². The molecule has 0 bridgehead atoms. The zero-order chi connectivity index (χ0) is 18.8. The zero-order valence-electron chi connectivity index (χ0n) is 14.5. The molecule has 134 valence electrons. The van der Waals surface area contributed by atoms with Crippen LogP contribution in [0.15, 0.2) is 80.6 Å². The second-order valence-corrected chi connectivity index (χ2v) is 7.67. The Balaban J connectivity index is 1.87. The fourth-order valence-corrected chi connectivity index (χ4v) is 4.15. The third kappa shape index (κ3) is 3.46. The summed E-state index contributed by atoms with van der Waals surface area (Å²) in [6, 6.07) is 19.6. The number of benzene rings is 3. The maximum Gasteiger partial charge on any atom is 0.205 e. The predicted octanol–water partition coefficient (Wildman–Crippen LogP) is 5.25. The maximum atomic E-state index is 10.4. The molecule has 0 aliphatic heterocycles. The molecule has 1 heterocycles. The average Bonchev–Trinajstić information content (AvgIpc) is 3.10. The molecule has 0 unspecified atom stereocenters. The molecule has 0 spiro atoms. The largest absolute Gasteiger partial charge is 0.507 e. The van der Waals surface area contributed by atoms with Crippen LogP contribution in [0.25, 0.3) is 22.0 Å². The molecule has 0 atom stereocenters. The molecular formula is C21H16BrN3OS. The Labute approximate surface area is 168 Å². The molecule has 0 aliphatic carbocycles. The number of nitrogens with zero attached hydrogens (tertiary/aromatic N) is 3. The SMILES string of the molecule is CN=c1scc(-c2cccc(Br)c2)n1N=Cc1c(O)ccc2ccccc12. The highest BCUT2D eigenvalue weighted by atomic mass is 79.9. The quantitative estimate of drug-likeness (QED) is 0.437. The van der Waals surface area contributed by atoms with Crippen molar-refractivity contribution in [3.8, 4) is 17.0 Å². The van der Waals surface area contributed by atoms with Crippen LogP contribution in [0.5, 0.6) is 5.75 Å². The highest BCUT2D eigenvalue weighted by Gasteiger charge is 2.09. The van der Waals surface area contributed by atoms with Gasteiger partial charge in [-0.25, -0.2) is 4.68 Å². The van der Waals surface area contributed by atoms with Crippen molar-refractivity contribution in [3.05, 3.63) is 80.9 Å². The fraction of sp³-hybridized carbons (Fsp3) is 0.0476. The molecule has 0 saturated carbocycles. The van der Waals surface area contributed by atoms with Crippen LogP contribution >= 0.6 is 27.3 Å². The summed E-state index contributed by atoms with van der Waals surface area (Å²) in [5, 5.41) is 19.1. The van der Waals surface area contributed by atoms with Crippen molar-refractivity contribution in [3.63, 3.8) is 0 Å². The number of thiazole rings is 1. The molecule has 0 saturated heterocycles. The van der Waals surface area contributed by atoms with E-state index < -0.39 is 0 Å². The molecule has 27 heavy (non-hydrogen) atoms. The van der Waals surface area contributed by atoms with Gasteiger partial charge in [0.1, 0.15) is 5.75 Å². The smallest absolute Gasteiger partial charge is 0.205 e. The summed E-state index contributed by atoms with van der Waals surface area (Å²) in [6.07, 6.45) is 1.69. The normalized spacial score (nSPS) is 12.3. The molecule has 4 nitrogen and oxygen atoms in total. The van der Waals surface area contributed by atoms with Crippen molar-refractivity contribution in [2.75, 3.05) is 7.05 Å². The van der Waals surface area contributed by atoms with Crippen LogP contribution in [0.3, 0.4) is 0 Å². The van der Waals surface area contributed by atoms with Crippen LogP contribution in [-0.4, -0.2) is 23.0 Å². The van der Waals surface area contributed by atoms with E-state index in [0.29, 0.717) is 5.56 Å². The molecule has 1 N–H and O–H groups in total. The first-order chi connectivity index (χ1) is 13.2. The summed E-state index contributed by atoms with van der Waals surface area (Å²) in [4.78, 5) is 5.11. The molecule has 4 rings (SSSR count). The number of fused-ring (bicyclic) bond motifs is 1. The lowest BCUT2D eigenvalue weighted by Crippen LogP contribution is -2.11. The van der Waals surface area contributed by atoms with Gasteiger partial charge in [0, 0.05) is 28.0 Å². The molecule has 0 aliphatic rings. The van der Waals surface area contributed by atoms with Crippen LogP contribution in [0.4, 0.5) is 0 Å². The van der Waals surface area contributed by atoms with Crippen molar-refractivity contribution in [1.29, 1.82) is 0 Å². The minimum Gasteiger partial charge on any atom is -0.507 e. The highest BCUT2D eigenvalue weighted by molar-refractivity contribution is 9.10. The summed E-state index contributed by atoms with van der Waals surface area (Å²) in [5.41, 5.74) is 2.67. The van der Waals surface area contributed by atoms with Crippen molar-refractivity contribution >= 4 is 44.3 Å². The number of aromatic hydroxyl groups is 1. The lowest BCUT2D eigenvalue weighted by atomic mass is 10.0. The Morgan fingerprint density at radius 2 is 1.93 bits per heavy atom. The number of aromatic nitrogens is 1. The topological polar surface area (TPSA) is 49.9 Å². The van der Waals surface area contributed by atoms with E-state index in [9.17, 15) is 5.11 Å². The monoisotopic (exact) mass is 437 g/mol. The van der Waals surface area contributed by atoms with Gasteiger partial charge in [-0.15, -0.1) is 11.3 Å². The van der Waals surface area contributed by atoms with Gasteiger partial charge >= 0.3 is 0 Å². The molecule has 6 heteroatoms. The molecule has 3 aromatic carbocycles. The zero-order valence-corrected chi connectivity index (χ0v) is 16.9. The van der Waals surface area contributed by atoms with Gasteiger partial charge in [0.15, 0.2) is 0 Å². The third-order valence-corrected chi connectivity index (χ3v) is 5.65. The van der Waals surface area contributed by atoms with Gasteiger partial charge in [-0.05, 0) is 29.0 Å². The van der Waals surface area contributed by atoms with Gasteiger partial charge in [-0.3, -0.25) is 4.99 Å². The highest BCUT2D eigenvalue weighted by Crippen LogP contribution is 2.26. The van der Waals surface area contributed by atoms with Crippen LogP contribution in [0, 0.1) is 0 Å². The number of rotatable bonds is 3. The first kappa shape index (κ1) is 17.7. The molecular weight excluding hydrogens is 422 g/mol. The number of hydrogen-bond acceptors (Lipinski definition) is 4. The van der Waals surface area contributed by atoms with Gasteiger partial charge < -0.3 is 5.11 Å². The van der Waals surface area contributed by atoms with Crippen LogP contribution in [0.2, 0.25) is 0 Å². The van der Waals surface area contributed by atoms with Crippen molar-refractivity contribution in [1.82, 2.24) is 4.68 Å². The minimum absolute atomic E-state index is 0.201. The van der Waals surface area contributed by atoms with Crippen molar-refractivity contribution in [2.45, 2.75) is 0 Å². The predicted molar refractivity (Wildman–Crippen MR) is 116 cm³/mol. The van der Waals surface area contributed by atoms with Gasteiger partial charge in [0.25, 0.3) is 0 Å². The van der Waals surface area contributed by atoms with Crippen LogP contribution in [-0.2, 0) is 0 Å². The van der Waals surface area contributed by atoms with Gasteiger partial charge in [0.05, 0.1) is 11.9 Å². The Hall–Kier alpha value is -2.70. The first-order valence-corrected chi connectivity index (χ1v) is 9.99. The Morgan fingerprint density at radius 1 is 1.07 bits per heavy atom. The number of phenolic OH excluding ortho intramolecular Hbond substituents is 1. The Bertz CT molecular complexity index is 1220. The third-order valence-electron chi connectivity index (χ3n) is 4.25. The summed E-state index contributed by atoms with van der Waals surface area (Å²) in [5.74, 6) is 0.201. The number of hydrogen-bond donors (Lipinski definition) is 1. The van der Waals surface area contributed by atoms with Gasteiger partial charge in [0.2, 0.25) is 4.80 Å². The van der Waals surface area contributed by atoms with E-state index >= 15 is 0 Å². The lowest BCUT2D eigenvalue weighted by molar-refractivity contribution is 0.475. The van der Waals surface area contributed by atoms with E-state index in [1.165, 1.54) is 11.3 Å². The molecule has 4 aromatic rings. The van der Waals surface area contributed by atoms with Crippen LogP contribution in [0.1, 0.15) is 5.56 Å². The summed E-state index contributed by atoms with van der Waals surface area (Å²) < 4.78 is 2.80. The first-order valence-electron chi connectivity index (χ1n) is 8.32. The van der Waals surface area contributed by atoms with Crippen LogP contribution < -0.4 is 4.80 Å². The van der Waals surface area contributed by atoms with Crippen molar-refractivity contribution in [2.24, 2.45) is 10.1 Å². The second-order valence-electron chi connectivity index (χ2n) is 5.91. The molecule has 1 aromatic heterocycles. The molecule has 0 amide bonds. The Kier molecular flexibility index (Phi) is 4.92. The summed E-state index contributed by atoms with van der Waals surface area (Å²) in [6.45, 7) is 0. The Morgan fingerprint density at radius 3 is 2.74 bits per heavy atom. The minimum atomic E-state index is 0.201. The van der Waals surface area contributed by atoms with E-state index in [0.717, 1.165) is 31.3 Å². The molecule has 0 radical (unpaired) electrons. The van der Waals surface area contributed by atoms with E-state index in [1.807, 2.05) is 60.0 Å². The number of halogens is 1. The second kappa shape index (κ2) is 7.50. The van der Waals surface area contributed by atoms with Gasteiger partial charge in [-0.1, -0.05) is 58.4 Å². The van der Waals surface area contributed by atoms with E-state index in [-0.39, 0.29) is 5.75 Å². The van der Waals surface area contributed by atoms with E-state index in [1.54, 1.807) is 24.0 Å². The summed E-state index contributed by atoms with van der Waals surface area (Å²) >= 11 is 5.04. The standard InChI is InChI=1S/C21H16BrN3OS/c1-23-21-25(19(13-27-21)15-6-4-7-16(22)11-15)24-12-18-17-8-3-2-5-14(17)9-10-20(18)26/h2-13,26H,1H3. The lowest BCUT2D eigenvalue weighted by Gasteiger charge is -2.06. The van der Waals surface area contributed by atoms with Gasteiger partial charge in [-0.2, -0.15) is 5.10 Å².